The standard InChI is InChI=1S/C14H22N2O2/c1-11-4-6-12(7-5-11)16-13(18)10-15-14(2,3)8-9-17/h4-7,15,17H,8-10H2,1-3H3,(H,16,18). The molecule has 4 heteroatoms. The monoisotopic (exact) mass is 250 g/mol. The lowest BCUT2D eigenvalue weighted by Gasteiger charge is -2.25. The average Bonchev–Trinajstić information content (AvgIpc) is 2.30. The average molecular weight is 250 g/mol. The van der Waals surface area contributed by atoms with Gasteiger partial charge in [0.15, 0.2) is 0 Å². The van der Waals surface area contributed by atoms with Crippen LogP contribution in [0.4, 0.5) is 5.69 Å². The van der Waals surface area contributed by atoms with Crippen molar-refractivity contribution in [2.45, 2.75) is 32.7 Å². The van der Waals surface area contributed by atoms with Crippen LogP contribution in [0.15, 0.2) is 24.3 Å². The maximum Gasteiger partial charge on any atom is 0.238 e. The molecule has 0 unspecified atom stereocenters. The molecule has 0 atom stereocenters. The number of carbonyl (C=O) groups is 1. The second-order valence-corrected chi connectivity index (χ2v) is 5.13. The highest BCUT2D eigenvalue weighted by Gasteiger charge is 2.17. The number of rotatable bonds is 6. The van der Waals surface area contributed by atoms with Crippen LogP contribution < -0.4 is 10.6 Å². The fourth-order valence-electron chi connectivity index (χ4n) is 1.53. The lowest BCUT2D eigenvalue weighted by Crippen LogP contribution is -2.44. The van der Waals surface area contributed by atoms with Crippen molar-refractivity contribution in [3.8, 4) is 0 Å². The third-order valence-electron chi connectivity index (χ3n) is 2.80. The molecule has 0 aliphatic carbocycles. The van der Waals surface area contributed by atoms with Gasteiger partial charge in [0.2, 0.25) is 5.91 Å². The van der Waals surface area contributed by atoms with Crippen molar-refractivity contribution in [1.82, 2.24) is 5.32 Å². The van der Waals surface area contributed by atoms with Crippen LogP contribution in [0, 0.1) is 6.92 Å². The summed E-state index contributed by atoms with van der Waals surface area (Å²) in [5.41, 5.74) is 1.72. The molecule has 0 aromatic heterocycles. The number of aliphatic hydroxyl groups excluding tert-OH is 1. The first-order valence-corrected chi connectivity index (χ1v) is 6.15. The largest absolute Gasteiger partial charge is 0.396 e. The lowest BCUT2D eigenvalue weighted by atomic mass is 10.0. The molecular weight excluding hydrogens is 228 g/mol. The summed E-state index contributed by atoms with van der Waals surface area (Å²) >= 11 is 0. The summed E-state index contributed by atoms with van der Waals surface area (Å²) in [4.78, 5) is 11.7. The van der Waals surface area contributed by atoms with Crippen LogP contribution in [0.2, 0.25) is 0 Å². The van der Waals surface area contributed by atoms with Crippen LogP contribution in [0.25, 0.3) is 0 Å². The van der Waals surface area contributed by atoms with E-state index in [1.165, 1.54) is 0 Å². The molecule has 0 aliphatic heterocycles. The third-order valence-corrected chi connectivity index (χ3v) is 2.80. The van der Waals surface area contributed by atoms with Crippen LogP contribution in [0.3, 0.4) is 0 Å². The highest BCUT2D eigenvalue weighted by molar-refractivity contribution is 5.92. The highest BCUT2D eigenvalue weighted by Crippen LogP contribution is 2.09. The van der Waals surface area contributed by atoms with Gasteiger partial charge in [0.05, 0.1) is 6.54 Å². The van der Waals surface area contributed by atoms with Crippen molar-refractivity contribution >= 4 is 11.6 Å². The molecule has 100 valence electrons. The Labute approximate surface area is 108 Å². The van der Waals surface area contributed by atoms with Crippen molar-refractivity contribution in [2.24, 2.45) is 0 Å². The quantitative estimate of drug-likeness (QED) is 0.720. The van der Waals surface area contributed by atoms with Crippen molar-refractivity contribution in [3.63, 3.8) is 0 Å². The molecule has 4 nitrogen and oxygen atoms in total. The Balaban J connectivity index is 2.40. The van der Waals surface area contributed by atoms with E-state index in [-0.39, 0.29) is 24.6 Å². The molecule has 1 aromatic carbocycles. The van der Waals surface area contributed by atoms with Crippen molar-refractivity contribution in [1.29, 1.82) is 0 Å². The molecule has 3 N–H and O–H groups in total. The molecule has 0 saturated carbocycles. The number of hydrogen-bond donors (Lipinski definition) is 3. The number of hydrogen-bond acceptors (Lipinski definition) is 3. The molecule has 18 heavy (non-hydrogen) atoms. The van der Waals surface area contributed by atoms with Crippen LogP contribution in [-0.4, -0.2) is 29.7 Å². The summed E-state index contributed by atoms with van der Waals surface area (Å²) < 4.78 is 0. The number of anilines is 1. The van der Waals surface area contributed by atoms with Gasteiger partial charge in [-0.1, -0.05) is 17.7 Å². The van der Waals surface area contributed by atoms with Gasteiger partial charge < -0.3 is 15.7 Å². The molecule has 1 amide bonds. The number of carbonyl (C=O) groups excluding carboxylic acids is 1. The minimum Gasteiger partial charge on any atom is -0.396 e. The Hall–Kier alpha value is -1.39. The van der Waals surface area contributed by atoms with Crippen LogP contribution in [-0.2, 0) is 4.79 Å². The van der Waals surface area contributed by atoms with Gasteiger partial charge in [-0.3, -0.25) is 4.79 Å². The minimum atomic E-state index is -0.237. The number of aryl methyl sites for hydroxylation is 1. The molecule has 0 radical (unpaired) electrons. The summed E-state index contributed by atoms with van der Waals surface area (Å²) in [7, 11) is 0. The van der Waals surface area contributed by atoms with Gasteiger partial charge in [-0.25, -0.2) is 0 Å². The second kappa shape index (κ2) is 6.52. The van der Waals surface area contributed by atoms with Crippen molar-refractivity contribution in [3.05, 3.63) is 29.8 Å². The Morgan fingerprint density at radius 1 is 1.28 bits per heavy atom. The van der Waals surface area contributed by atoms with Gasteiger partial charge in [0, 0.05) is 17.8 Å². The Morgan fingerprint density at radius 3 is 2.44 bits per heavy atom. The highest BCUT2D eigenvalue weighted by atomic mass is 16.3. The summed E-state index contributed by atoms with van der Waals surface area (Å²) in [6.45, 7) is 6.27. The Kier molecular flexibility index (Phi) is 5.31. The number of nitrogens with one attached hydrogen (secondary N) is 2. The van der Waals surface area contributed by atoms with Gasteiger partial charge in [-0.15, -0.1) is 0 Å². The van der Waals surface area contributed by atoms with Gasteiger partial charge in [0.1, 0.15) is 0 Å². The van der Waals surface area contributed by atoms with Crippen molar-refractivity contribution in [2.75, 3.05) is 18.5 Å². The first-order chi connectivity index (χ1) is 8.43. The van der Waals surface area contributed by atoms with Gasteiger partial charge in [-0.05, 0) is 39.3 Å². The molecule has 0 fully saturated rings. The third kappa shape index (κ3) is 5.29. The first kappa shape index (κ1) is 14.7. The van der Waals surface area contributed by atoms with Crippen LogP contribution in [0.1, 0.15) is 25.8 Å². The van der Waals surface area contributed by atoms with E-state index in [4.69, 9.17) is 5.11 Å². The summed E-state index contributed by atoms with van der Waals surface area (Å²) in [5.74, 6) is -0.0788. The molecule has 0 spiro atoms. The maximum absolute atomic E-state index is 11.7. The smallest absolute Gasteiger partial charge is 0.238 e. The van der Waals surface area contributed by atoms with Gasteiger partial charge in [-0.2, -0.15) is 0 Å². The molecule has 0 heterocycles. The minimum absolute atomic E-state index is 0.0788. The Morgan fingerprint density at radius 2 is 1.89 bits per heavy atom. The molecule has 0 aliphatic rings. The number of aliphatic hydroxyl groups is 1. The zero-order valence-corrected chi connectivity index (χ0v) is 11.3. The molecule has 1 rings (SSSR count). The molecule has 0 saturated heterocycles. The number of amides is 1. The predicted molar refractivity (Wildman–Crippen MR) is 73.6 cm³/mol. The summed E-state index contributed by atoms with van der Waals surface area (Å²) in [6, 6.07) is 7.68. The van der Waals surface area contributed by atoms with E-state index in [0.717, 1.165) is 11.3 Å². The van der Waals surface area contributed by atoms with E-state index in [9.17, 15) is 4.79 Å². The molecule has 1 aromatic rings. The van der Waals surface area contributed by atoms with E-state index < -0.39 is 0 Å². The van der Waals surface area contributed by atoms with Gasteiger partial charge in [0.25, 0.3) is 0 Å². The second-order valence-electron chi connectivity index (χ2n) is 5.13. The SMILES string of the molecule is Cc1ccc(NC(=O)CNC(C)(C)CCO)cc1. The zero-order valence-electron chi connectivity index (χ0n) is 11.3. The zero-order chi connectivity index (χ0) is 13.6. The fraction of sp³-hybridized carbons (Fsp3) is 0.500. The first-order valence-electron chi connectivity index (χ1n) is 6.15. The van der Waals surface area contributed by atoms with Crippen molar-refractivity contribution < 1.29 is 9.90 Å². The topological polar surface area (TPSA) is 61.4 Å². The fourth-order valence-corrected chi connectivity index (χ4v) is 1.53. The van der Waals surface area contributed by atoms with E-state index in [2.05, 4.69) is 10.6 Å². The van der Waals surface area contributed by atoms with E-state index in [0.29, 0.717) is 6.42 Å². The summed E-state index contributed by atoms with van der Waals surface area (Å²) in [6.07, 6.45) is 0.616. The Bertz CT molecular complexity index is 385. The number of benzene rings is 1. The molecule has 0 bridgehead atoms. The van der Waals surface area contributed by atoms with E-state index in [1.807, 2.05) is 45.0 Å². The van der Waals surface area contributed by atoms with Crippen LogP contribution >= 0.6 is 0 Å². The molecular formula is C14H22N2O2. The summed E-state index contributed by atoms with van der Waals surface area (Å²) in [5, 5.41) is 14.8. The normalized spacial score (nSPS) is 11.3. The predicted octanol–water partition coefficient (Wildman–Crippen LogP) is 1.68. The lowest BCUT2D eigenvalue weighted by molar-refractivity contribution is -0.115. The van der Waals surface area contributed by atoms with E-state index >= 15 is 0 Å². The maximum atomic E-state index is 11.7. The van der Waals surface area contributed by atoms with Gasteiger partial charge >= 0.3 is 0 Å². The van der Waals surface area contributed by atoms with Crippen LogP contribution in [0.5, 0.6) is 0 Å². The van der Waals surface area contributed by atoms with E-state index in [1.54, 1.807) is 0 Å².